The molecule has 0 saturated carbocycles. The number of rotatable bonds is 6. The van der Waals surface area contributed by atoms with Crippen LogP contribution in [0.5, 0.6) is 0 Å². The molecule has 0 N–H and O–H groups in total. The van der Waals surface area contributed by atoms with E-state index < -0.39 is 44.1 Å². The molecule has 2 aliphatic rings. The first-order chi connectivity index (χ1) is 20.6. The van der Waals surface area contributed by atoms with E-state index in [2.05, 4.69) is 0 Å². The molecule has 222 valence electrons. The van der Waals surface area contributed by atoms with Crippen molar-refractivity contribution in [2.24, 2.45) is 5.92 Å². The van der Waals surface area contributed by atoms with Crippen LogP contribution in [0.4, 0.5) is 0 Å². The smallest absolute Gasteiger partial charge is 0.245 e. The van der Waals surface area contributed by atoms with E-state index in [1.54, 1.807) is 36.4 Å². The highest BCUT2D eigenvalue weighted by Crippen LogP contribution is 2.48. The Kier molecular flexibility index (Phi) is 8.04. The largest absolute Gasteiger partial charge is 0.299 e. The molecule has 4 aromatic carbocycles. The van der Waals surface area contributed by atoms with Gasteiger partial charge in [-0.15, -0.1) is 0 Å². The van der Waals surface area contributed by atoms with E-state index in [4.69, 9.17) is 11.6 Å². The van der Waals surface area contributed by atoms with Crippen molar-refractivity contribution < 1.29 is 21.6 Å². The van der Waals surface area contributed by atoms with Crippen LogP contribution in [0.25, 0.3) is 0 Å². The summed E-state index contributed by atoms with van der Waals surface area (Å²) < 4.78 is 60.2. The fourth-order valence-corrected chi connectivity index (χ4v) is 10.3. The molecule has 0 spiro atoms. The van der Waals surface area contributed by atoms with E-state index >= 15 is 0 Å². The molecule has 2 fully saturated rings. The van der Waals surface area contributed by atoms with Crippen molar-refractivity contribution >= 4 is 37.4 Å². The number of Topliss-reactive ketones (excluding diaryl/α,β-unsaturated/α-hetero) is 1. The summed E-state index contributed by atoms with van der Waals surface area (Å²) in [5.41, 5.74) is 2.34. The molecule has 0 unspecified atom stereocenters. The van der Waals surface area contributed by atoms with E-state index in [0.717, 1.165) is 11.1 Å². The zero-order valence-corrected chi connectivity index (χ0v) is 25.8. The second kappa shape index (κ2) is 11.6. The fourth-order valence-electron chi connectivity index (χ4n) is 6.36. The number of carbonyl (C=O) groups is 1. The van der Waals surface area contributed by atoms with Crippen molar-refractivity contribution in [3.63, 3.8) is 0 Å². The summed E-state index contributed by atoms with van der Waals surface area (Å²) >= 11 is 6.45. The lowest BCUT2D eigenvalue weighted by atomic mass is 9.77. The molecule has 43 heavy (non-hydrogen) atoms. The first-order valence-electron chi connectivity index (χ1n) is 14.1. The lowest BCUT2D eigenvalue weighted by molar-refractivity contribution is -0.132. The van der Waals surface area contributed by atoms with Gasteiger partial charge in [0.25, 0.3) is 0 Å². The van der Waals surface area contributed by atoms with Crippen LogP contribution in [-0.4, -0.2) is 43.8 Å². The Balaban J connectivity index is 1.51. The molecule has 0 radical (unpaired) electrons. The standard InChI is InChI=1S/C33H31ClN2O5S2/c1-23-16-18-26(19-17-23)42(38,39)35-22-27-31(20-29(35)24-10-4-2-5-11-24)36(43(40,41)33-15-9-8-14-28(33)34)30(21-32(27)37)25-12-6-3-7-13-25/h2-19,27,29-31H,20-22H2,1H3/t27-,29+,30+,31+/m1/s1. The Morgan fingerprint density at radius 1 is 0.698 bits per heavy atom. The zero-order valence-electron chi connectivity index (χ0n) is 23.5. The third kappa shape index (κ3) is 5.45. The average molecular weight is 635 g/mol. The summed E-state index contributed by atoms with van der Waals surface area (Å²) in [6.45, 7) is 1.74. The van der Waals surface area contributed by atoms with Gasteiger partial charge in [-0.3, -0.25) is 4.79 Å². The number of nitrogens with zero attached hydrogens (tertiary/aromatic N) is 2. The molecule has 0 bridgehead atoms. The van der Waals surface area contributed by atoms with Gasteiger partial charge in [-0.25, -0.2) is 16.8 Å². The number of benzene rings is 4. The maximum absolute atomic E-state index is 14.5. The van der Waals surface area contributed by atoms with E-state index in [9.17, 15) is 21.6 Å². The Morgan fingerprint density at radius 3 is 1.86 bits per heavy atom. The quantitative estimate of drug-likeness (QED) is 0.253. The van der Waals surface area contributed by atoms with Crippen LogP contribution >= 0.6 is 11.6 Å². The fraction of sp³-hybridized carbons (Fsp3) is 0.242. The topological polar surface area (TPSA) is 91.8 Å². The van der Waals surface area contributed by atoms with Crippen molar-refractivity contribution in [1.82, 2.24) is 8.61 Å². The SMILES string of the molecule is Cc1ccc(S(=O)(=O)N2C[C@H]3C(=O)C[C@@H](c4ccccc4)N(S(=O)(=O)c4ccccc4Cl)[C@H]3C[C@H]2c2ccccc2)cc1. The van der Waals surface area contributed by atoms with E-state index in [-0.39, 0.29) is 40.0 Å². The van der Waals surface area contributed by atoms with E-state index in [1.807, 2.05) is 67.6 Å². The Morgan fingerprint density at radius 2 is 1.26 bits per heavy atom. The predicted molar refractivity (Wildman–Crippen MR) is 165 cm³/mol. The van der Waals surface area contributed by atoms with Gasteiger partial charge in [0.1, 0.15) is 10.7 Å². The number of ketones is 1. The maximum Gasteiger partial charge on any atom is 0.245 e. The van der Waals surface area contributed by atoms with Gasteiger partial charge in [-0.2, -0.15) is 8.61 Å². The number of halogens is 1. The third-order valence-electron chi connectivity index (χ3n) is 8.48. The molecule has 0 aliphatic carbocycles. The first-order valence-corrected chi connectivity index (χ1v) is 17.3. The van der Waals surface area contributed by atoms with Crippen molar-refractivity contribution in [3.05, 3.63) is 131 Å². The van der Waals surface area contributed by atoms with Gasteiger partial charge in [0.05, 0.1) is 22.0 Å². The molecule has 6 rings (SSSR count). The molecular formula is C33H31ClN2O5S2. The minimum Gasteiger partial charge on any atom is -0.299 e. The van der Waals surface area contributed by atoms with Gasteiger partial charge in [0.15, 0.2) is 0 Å². The highest BCUT2D eigenvalue weighted by molar-refractivity contribution is 7.89. The predicted octanol–water partition coefficient (Wildman–Crippen LogP) is 6.17. The van der Waals surface area contributed by atoms with Crippen LogP contribution in [-0.2, 0) is 24.8 Å². The van der Waals surface area contributed by atoms with Gasteiger partial charge < -0.3 is 0 Å². The van der Waals surface area contributed by atoms with Gasteiger partial charge in [0, 0.05) is 24.9 Å². The van der Waals surface area contributed by atoms with E-state index in [1.165, 1.54) is 20.7 Å². The van der Waals surface area contributed by atoms with Crippen molar-refractivity contribution in [2.45, 2.75) is 47.7 Å². The van der Waals surface area contributed by atoms with Crippen molar-refractivity contribution in [1.29, 1.82) is 0 Å². The number of hydrogen-bond donors (Lipinski definition) is 0. The summed E-state index contributed by atoms with van der Waals surface area (Å²) in [6.07, 6.45) is 0.0157. The maximum atomic E-state index is 14.5. The average Bonchev–Trinajstić information content (AvgIpc) is 3.01. The Bertz CT molecular complexity index is 1850. The van der Waals surface area contributed by atoms with Crippen LogP contribution in [0.2, 0.25) is 5.02 Å². The molecule has 0 aromatic heterocycles. The summed E-state index contributed by atoms with van der Waals surface area (Å²) in [5, 5.41) is 0.0850. The summed E-state index contributed by atoms with van der Waals surface area (Å²) in [7, 11) is -8.25. The monoisotopic (exact) mass is 634 g/mol. The molecule has 0 amide bonds. The Labute approximate surface area is 257 Å². The molecular weight excluding hydrogens is 604 g/mol. The molecule has 4 atom stereocenters. The van der Waals surface area contributed by atoms with Crippen LogP contribution in [0, 0.1) is 12.8 Å². The van der Waals surface area contributed by atoms with Gasteiger partial charge in [-0.1, -0.05) is 102 Å². The minimum absolute atomic E-state index is 0.0448. The normalized spacial score (nSPS) is 23.5. The minimum atomic E-state index is -4.22. The van der Waals surface area contributed by atoms with Crippen LogP contribution < -0.4 is 0 Å². The second-order valence-electron chi connectivity index (χ2n) is 11.1. The summed E-state index contributed by atoms with van der Waals surface area (Å²) in [6, 6.07) is 28.9. The molecule has 2 saturated heterocycles. The van der Waals surface area contributed by atoms with Crippen molar-refractivity contribution in [2.75, 3.05) is 6.54 Å². The molecule has 4 aromatic rings. The van der Waals surface area contributed by atoms with E-state index in [0.29, 0.717) is 5.56 Å². The summed E-state index contributed by atoms with van der Waals surface area (Å²) in [4.78, 5) is 14.0. The molecule has 10 heteroatoms. The first kappa shape index (κ1) is 29.7. The number of piperidine rings is 2. The highest BCUT2D eigenvalue weighted by Gasteiger charge is 2.54. The molecule has 2 aliphatic heterocycles. The van der Waals surface area contributed by atoms with Crippen LogP contribution in [0.15, 0.2) is 119 Å². The lowest BCUT2D eigenvalue weighted by Gasteiger charge is -2.51. The molecule has 2 heterocycles. The lowest BCUT2D eigenvalue weighted by Crippen LogP contribution is -2.60. The van der Waals surface area contributed by atoms with Crippen LogP contribution in [0.3, 0.4) is 0 Å². The number of aryl methyl sites for hydroxylation is 1. The Hall–Kier alpha value is -3.34. The second-order valence-corrected chi connectivity index (χ2v) is 15.2. The van der Waals surface area contributed by atoms with Gasteiger partial charge in [-0.05, 0) is 48.7 Å². The van der Waals surface area contributed by atoms with Crippen molar-refractivity contribution in [3.8, 4) is 0 Å². The highest BCUT2D eigenvalue weighted by atomic mass is 35.5. The number of hydrogen-bond acceptors (Lipinski definition) is 5. The van der Waals surface area contributed by atoms with Crippen LogP contribution in [0.1, 0.15) is 41.6 Å². The number of fused-ring (bicyclic) bond motifs is 1. The van der Waals surface area contributed by atoms with Gasteiger partial charge >= 0.3 is 0 Å². The number of carbonyl (C=O) groups excluding carboxylic acids is 1. The zero-order chi connectivity index (χ0) is 30.4. The summed E-state index contributed by atoms with van der Waals surface area (Å²) in [5.74, 6) is -1.03. The third-order valence-corrected chi connectivity index (χ3v) is 12.8. The number of sulfonamides is 2. The molecule has 7 nitrogen and oxygen atoms in total. The van der Waals surface area contributed by atoms with Gasteiger partial charge in [0.2, 0.25) is 20.0 Å².